The average molecular weight is 381 g/mol. The highest BCUT2D eigenvalue weighted by atomic mass is 127. The maximum absolute atomic E-state index is 11.8. The van der Waals surface area contributed by atoms with Crippen LogP contribution in [0.25, 0.3) is 0 Å². The van der Waals surface area contributed by atoms with Crippen LogP contribution in [0.15, 0.2) is 18.3 Å². The summed E-state index contributed by atoms with van der Waals surface area (Å²) < 4.78 is 0.888. The van der Waals surface area contributed by atoms with Crippen molar-refractivity contribution in [1.82, 2.24) is 4.98 Å². The lowest BCUT2D eigenvalue weighted by Gasteiger charge is -2.17. The molecule has 1 saturated heterocycles. The number of anilines is 1. The van der Waals surface area contributed by atoms with Gasteiger partial charge in [0.05, 0.1) is 5.69 Å². The molecule has 1 unspecified atom stereocenters. The Balaban J connectivity index is 2.25. The molecular formula is C10H10BrIN2O. The van der Waals surface area contributed by atoms with Crippen LogP contribution in [0.2, 0.25) is 0 Å². The van der Waals surface area contributed by atoms with Crippen molar-refractivity contribution in [2.45, 2.75) is 6.42 Å². The van der Waals surface area contributed by atoms with E-state index in [4.69, 9.17) is 0 Å². The fourth-order valence-corrected chi connectivity index (χ4v) is 2.76. The molecule has 5 heteroatoms. The van der Waals surface area contributed by atoms with Crippen LogP contribution in [0.5, 0.6) is 0 Å². The van der Waals surface area contributed by atoms with E-state index in [-0.39, 0.29) is 5.91 Å². The van der Waals surface area contributed by atoms with Crippen LogP contribution < -0.4 is 4.90 Å². The van der Waals surface area contributed by atoms with Crippen molar-refractivity contribution < 1.29 is 4.79 Å². The summed E-state index contributed by atoms with van der Waals surface area (Å²) in [6.45, 7) is 0.797. The van der Waals surface area contributed by atoms with Gasteiger partial charge in [-0.25, -0.2) is 4.98 Å². The van der Waals surface area contributed by atoms with E-state index < -0.39 is 0 Å². The Labute approximate surface area is 111 Å². The Morgan fingerprint density at radius 3 is 3.07 bits per heavy atom. The summed E-state index contributed by atoms with van der Waals surface area (Å²) in [7, 11) is 0. The number of amides is 1. The van der Waals surface area contributed by atoms with Gasteiger partial charge in [0.1, 0.15) is 3.70 Å². The van der Waals surface area contributed by atoms with Crippen LogP contribution in [0.3, 0.4) is 0 Å². The maximum Gasteiger partial charge on any atom is 0.227 e. The summed E-state index contributed by atoms with van der Waals surface area (Å²) in [5, 5.41) is 0.881. The molecule has 0 aromatic carbocycles. The van der Waals surface area contributed by atoms with Crippen molar-refractivity contribution in [3.05, 3.63) is 22.0 Å². The minimum atomic E-state index is 0.199. The van der Waals surface area contributed by atoms with E-state index in [1.54, 1.807) is 6.20 Å². The molecule has 2 rings (SSSR count). The molecule has 0 aliphatic carbocycles. The molecule has 1 aromatic rings. The van der Waals surface area contributed by atoms with Gasteiger partial charge in [0.15, 0.2) is 0 Å². The molecule has 15 heavy (non-hydrogen) atoms. The van der Waals surface area contributed by atoms with Gasteiger partial charge in [-0.2, -0.15) is 0 Å². The number of carbonyl (C=O) groups excluding carboxylic acids is 1. The van der Waals surface area contributed by atoms with Gasteiger partial charge in [-0.05, 0) is 40.6 Å². The van der Waals surface area contributed by atoms with E-state index >= 15 is 0 Å². The number of pyridine rings is 1. The molecule has 1 aliphatic rings. The molecule has 0 bridgehead atoms. The lowest BCUT2D eigenvalue weighted by Crippen LogP contribution is -2.25. The summed E-state index contributed by atoms with van der Waals surface area (Å²) in [5.74, 6) is 0.624. The second kappa shape index (κ2) is 4.78. The Morgan fingerprint density at radius 2 is 2.47 bits per heavy atom. The normalized spacial score (nSPS) is 21.1. The molecule has 1 aromatic heterocycles. The van der Waals surface area contributed by atoms with Crippen molar-refractivity contribution in [1.29, 1.82) is 0 Å². The smallest absolute Gasteiger partial charge is 0.227 e. The minimum Gasteiger partial charge on any atom is -0.310 e. The fraction of sp³-hybridized carbons (Fsp3) is 0.400. The molecule has 0 spiro atoms. The largest absolute Gasteiger partial charge is 0.310 e. The lowest BCUT2D eigenvalue weighted by molar-refractivity contribution is -0.117. The number of carbonyl (C=O) groups is 1. The van der Waals surface area contributed by atoms with E-state index in [9.17, 15) is 4.79 Å². The molecule has 1 fully saturated rings. The number of rotatable bonds is 2. The van der Waals surface area contributed by atoms with Gasteiger partial charge >= 0.3 is 0 Å². The van der Waals surface area contributed by atoms with E-state index in [0.29, 0.717) is 12.3 Å². The molecule has 0 N–H and O–H groups in total. The number of hydrogen-bond acceptors (Lipinski definition) is 2. The van der Waals surface area contributed by atoms with Gasteiger partial charge < -0.3 is 4.90 Å². The number of aromatic nitrogens is 1. The molecular weight excluding hydrogens is 371 g/mol. The monoisotopic (exact) mass is 380 g/mol. The summed E-state index contributed by atoms with van der Waals surface area (Å²) in [6.07, 6.45) is 2.38. The summed E-state index contributed by atoms with van der Waals surface area (Å²) in [5.41, 5.74) is 0.937. The summed E-state index contributed by atoms with van der Waals surface area (Å²) >= 11 is 5.59. The average Bonchev–Trinajstić information content (AvgIpc) is 2.60. The summed E-state index contributed by atoms with van der Waals surface area (Å²) in [4.78, 5) is 17.8. The van der Waals surface area contributed by atoms with E-state index in [2.05, 4.69) is 43.5 Å². The van der Waals surface area contributed by atoms with Crippen molar-refractivity contribution >= 4 is 50.1 Å². The van der Waals surface area contributed by atoms with Crippen LogP contribution in [-0.2, 0) is 4.79 Å². The van der Waals surface area contributed by atoms with Gasteiger partial charge in [-0.3, -0.25) is 4.79 Å². The maximum atomic E-state index is 11.8. The first-order chi connectivity index (χ1) is 7.22. The van der Waals surface area contributed by atoms with Gasteiger partial charge in [0.2, 0.25) is 5.91 Å². The third-order valence-corrected chi connectivity index (χ3v) is 4.20. The number of hydrogen-bond donors (Lipinski definition) is 0. The standard InChI is InChI=1S/C10H10BrIN2O/c11-5-7-4-9(15)14(6-7)8-2-1-3-13-10(8)12/h1-3,7H,4-6H2. The molecule has 1 amide bonds. The predicted octanol–water partition coefficient (Wildman–Crippen LogP) is 2.43. The minimum absolute atomic E-state index is 0.199. The van der Waals surface area contributed by atoms with Crippen LogP contribution in [0, 0.1) is 9.62 Å². The molecule has 80 valence electrons. The highest BCUT2D eigenvalue weighted by molar-refractivity contribution is 14.1. The first-order valence-corrected chi connectivity index (χ1v) is 6.89. The van der Waals surface area contributed by atoms with Crippen LogP contribution in [0.4, 0.5) is 5.69 Å². The molecule has 2 heterocycles. The Bertz CT molecular complexity index is 385. The predicted molar refractivity (Wildman–Crippen MR) is 71.2 cm³/mol. The zero-order chi connectivity index (χ0) is 10.8. The van der Waals surface area contributed by atoms with Crippen LogP contribution in [0.1, 0.15) is 6.42 Å². The number of nitrogens with zero attached hydrogens (tertiary/aromatic N) is 2. The van der Waals surface area contributed by atoms with Crippen LogP contribution in [-0.4, -0.2) is 22.8 Å². The van der Waals surface area contributed by atoms with E-state index in [1.165, 1.54) is 0 Å². The highest BCUT2D eigenvalue weighted by Gasteiger charge is 2.30. The fourth-order valence-electron chi connectivity index (χ4n) is 1.70. The van der Waals surface area contributed by atoms with Gasteiger partial charge in [-0.1, -0.05) is 15.9 Å². The third-order valence-electron chi connectivity index (χ3n) is 2.45. The van der Waals surface area contributed by atoms with Crippen molar-refractivity contribution in [2.24, 2.45) is 5.92 Å². The zero-order valence-electron chi connectivity index (χ0n) is 7.99. The molecule has 0 radical (unpaired) electrons. The first kappa shape index (κ1) is 11.3. The van der Waals surface area contributed by atoms with E-state index in [0.717, 1.165) is 21.3 Å². The summed E-state index contributed by atoms with van der Waals surface area (Å²) in [6, 6.07) is 3.81. The van der Waals surface area contributed by atoms with Crippen molar-refractivity contribution in [3.63, 3.8) is 0 Å². The lowest BCUT2D eigenvalue weighted by atomic mass is 10.2. The van der Waals surface area contributed by atoms with Crippen molar-refractivity contribution in [3.8, 4) is 0 Å². The Hall–Kier alpha value is -0.170. The second-order valence-electron chi connectivity index (χ2n) is 3.54. The number of halogens is 2. The van der Waals surface area contributed by atoms with Gasteiger partial charge in [-0.15, -0.1) is 0 Å². The third kappa shape index (κ3) is 2.33. The van der Waals surface area contributed by atoms with Crippen molar-refractivity contribution in [2.75, 3.05) is 16.8 Å². The molecule has 3 nitrogen and oxygen atoms in total. The Kier molecular flexibility index (Phi) is 3.60. The molecule has 1 atom stereocenters. The topological polar surface area (TPSA) is 33.2 Å². The second-order valence-corrected chi connectivity index (χ2v) is 5.21. The SMILES string of the molecule is O=C1CC(CBr)CN1c1cccnc1I. The Morgan fingerprint density at radius 1 is 1.67 bits per heavy atom. The molecule has 0 saturated carbocycles. The van der Waals surface area contributed by atoms with E-state index in [1.807, 2.05) is 17.0 Å². The first-order valence-electron chi connectivity index (χ1n) is 4.69. The zero-order valence-corrected chi connectivity index (χ0v) is 11.7. The van der Waals surface area contributed by atoms with Crippen LogP contribution >= 0.6 is 38.5 Å². The van der Waals surface area contributed by atoms with Gasteiger partial charge in [0, 0.05) is 24.5 Å². The van der Waals surface area contributed by atoms with Gasteiger partial charge in [0.25, 0.3) is 0 Å². The highest BCUT2D eigenvalue weighted by Crippen LogP contribution is 2.28. The molecule has 1 aliphatic heterocycles. The quantitative estimate of drug-likeness (QED) is 0.448. The number of alkyl halides is 1.